The SMILES string of the molecule is CCCCCCCCOc1ccc(CN(C)C)cc1OC. The van der Waals surface area contributed by atoms with Gasteiger partial charge in [-0.25, -0.2) is 0 Å². The summed E-state index contributed by atoms with van der Waals surface area (Å²) in [6, 6.07) is 6.20. The molecule has 0 spiro atoms. The predicted molar refractivity (Wildman–Crippen MR) is 89.3 cm³/mol. The summed E-state index contributed by atoms with van der Waals surface area (Å²) in [7, 11) is 5.83. The number of ether oxygens (including phenoxy) is 2. The topological polar surface area (TPSA) is 21.7 Å². The average molecular weight is 293 g/mol. The summed E-state index contributed by atoms with van der Waals surface area (Å²) < 4.78 is 11.3. The van der Waals surface area contributed by atoms with Crippen molar-refractivity contribution in [2.75, 3.05) is 27.8 Å². The van der Waals surface area contributed by atoms with Crippen molar-refractivity contribution in [1.29, 1.82) is 0 Å². The van der Waals surface area contributed by atoms with Gasteiger partial charge in [-0.2, -0.15) is 0 Å². The molecular formula is C18H31NO2. The van der Waals surface area contributed by atoms with Crippen LogP contribution in [0, 0.1) is 0 Å². The summed E-state index contributed by atoms with van der Waals surface area (Å²) in [6.07, 6.45) is 7.68. The van der Waals surface area contributed by atoms with Gasteiger partial charge in [0.15, 0.2) is 11.5 Å². The van der Waals surface area contributed by atoms with Gasteiger partial charge in [-0.3, -0.25) is 0 Å². The molecule has 0 atom stereocenters. The zero-order valence-corrected chi connectivity index (χ0v) is 14.2. The molecule has 0 radical (unpaired) electrons. The Kier molecular flexibility index (Phi) is 8.91. The molecule has 21 heavy (non-hydrogen) atoms. The number of hydrogen-bond acceptors (Lipinski definition) is 3. The lowest BCUT2D eigenvalue weighted by molar-refractivity contribution is 0.284. The zero-order chi connectivity index (χ0) is 15.5. The second kappa shape index (κ2) is 10.5. The largest absolute Gasteiger partial charge is 0.493 e. The van der Waals surface area contributed by atoms with Crippen LogP contribution >= 0.6 is 0 Å². The molecule has 0 aliphatic heterocycles. The number of unbranched alkanes of at least 4 members (excludes halogenated alkanes) is 5. The first-order valence-electron chi connectivity index (χ1n) is 8.11. The molecule has 0 saturated carbocycles. The molecule has 120 valence electrons. The van der Waals surface area contributed by atoms with E-state index < -0.39 is 0 Å². The molecule has 0 saturated heterocycles. The van der Waals surface area contributed by atoms with Crippen LogP contribution in [0.3, 0.4) is 0 Å². The Bertz CT molecular complexity index is 391. The van der Waals surface area contributed by atoms with Crippen LogP contribution in [0.5, 0.6) is 11.5 Å². The minimum absolute atomic E-state index is 0.773. The third kappa shape index (κ3) is 7.37. The van der Waals surface area contributed by atoms with Crippen molar-refractivity contribution in [2.24, 2.45) is 0 Å². The van der Waals surface area contributed by atoms with Gasteiger partial charge in [-0.15, -0.1) is 0 Å². The Hall–Kier alpha value is -1.22. The van der Waals surface area contributed by atoms with Crippen molar-refractivity contribution in [1.82, 2.24) is 4.90 Å². The summed E-state index contributed by atoms with van der Waals surface area (Å²) in [5.41, 5.74) is 1.24. The fourth-order valence-corrected chi connectivity index (χ4v) is 2.36. The number of nitrogens with zero attached hydrogens (tertiary/aromatic N) is 1. The molecule has 3 nitrogen and oxygen atoms in total. The van der Waals surface area contributed by atoms with Gasteiger partial charge in [0.05, 0.1) is 13.7 Å². The van der Waals surface area contributed by atoms with Gasteiger partial charge in [-0.05, 0) is 38.2 Å². The number of benzene rings is 1. The van der Waals surface area contributed by atoms with E-state index in [0.29, 0.717) is 0 Å². The fourth-order valence-electron chi connectivity index (χ4n) is 2.36. The molecule has 0 heterocycles. The molecule has 0 aliphatic carbocycles. The van der Waals surface area contributed by atoms with Crippen LogP contribution in [0.4, 0.5) is 0 Å². The maximum absolute atomic E-state index is 5.86. The van der Waals surface area contributed by atoms with Crippen molar-refractivity contribution in [3.8, 4) is 11.5 Å². The van der Waals surface area contributed by atoms with Crippen LogP contribution < -0.4 is 9.47 Å². The van der Waals surface area contributed by atoms with Gasteiger partial charge in [0.1, 0.15) is 0 Å². The van der Waals surface area contributed by atoms with Crippen LogP contribution in [0.2, 0.25) is 0 Å². The van der Waals surface area contributed by atoms with Gasteiger partial charge in [0.25, 0.3) is 0 Å². The summed E-state index contributed by atoms with van der Waals surface area (Å²) in [6.45, 7) is 3.93. The second-order valence-electron chi connectivity index (χ2n) is 5.84. The Morgan fingerprint density at radius 1 is 0.952 bits per heavy atom. The summed E-state index contributed by atoms with van der Waals surface area (Å²) in [4.78, 5) is 2.14. The minimum atomic E-state index is 0.773. The number of hydrogen-bond donors (Lipinski definition) is 0. The molecular weight excluding hydrogens is 262 g/mol. The van der Waals surface area contributed by atoms with E-state index in [-0.39, 0.29) is 0 Å². The molecule has 1 aromatic rings. The van der Waals surface area contributed by atoms with Crippen LogP contribution in [-0.2, 0) is 6.54 Å². The van der Waals surface area contributed by atoms with Gasteiger partial charge in [-0.1, -0.05) is 45.1 Å². The molecule has 3 heteroatoms. The zero-order valence-electron chi connectivity index (χ0n) is 14.2. The van der Waals surface area contributed by atoms with E-state index in [1.165, 1.54) is 37.7 Å². The summed E-state index contributed by atoms with van der Waals surface area (Å²) in [5.74, 6) is 1.69. The molecule has 0 aromatic heterocycles. The predicted octanol–water partition coefficient (Wildman–Crippen LogP) is 4.50. The standard InChI is InChI=1S/C18H31NO2/c1-5-6-7-8-9-10-13-21-17-12-11-16(15-19(2)3)14-18(17)20-4/h11-12,14H,5-10,13,15H2,1-4H3. The summed E-state index contributed by atoms with van der Waals surface area (Å²) in [5, 5.41) is 0. The molecule has 1 rings (SSSR count). The van der Waals surface area contributed by atoms with Crippen LogP contribution in [0.1, 0.15) is 51.0 Å². The van der Waals surface area contributed by atoms with Crippen molar-refractivity contribution in [2.45, 2.75) is 52.0 Å². The second-order valence-corrected chi connectivity index (χ2v) is 5.84. The highest BCUT2D eigenvalue weighted by Gasteiger charge is 2.06. The smallest absolute Gasteiger partial charge is 0.161 e. The van der Waals surface area contributed by atoms with Crippen LogP contribution in [-0.4, -0.2) is 32.7 Å². The highest BCUT2D eigenvalue weighted by molar-refractivity contribution is 5.42. The molecule has 0 amide bonds. The van der Waals surface area contributed by atoms with E-state index in [9.17, 15) is 0 Å². The molecule has 0 bridgehead atoms. The Morgan fingerprint density at radius 2 is 1.67 bits per heavy atom. The maximum atomic E-state index is 5.86. The first-order valence-corrected chi connectivity index (χ1v) is 8.11. The van der Waals surface area contributed by atoms with Gasteiger partial charge in [0.2, 0.25) is 0 Å². The average Bonchev–Trinajstić information content (AvgIpc) is 2.46. The van der Waals surface area contributed by atoms with E-state index in [1.54, 1.807) is 7.11 Å². The highest BCUT2D eigenvalue weighted by Crippen LogP contribution is 2.28. The normalized spacial score (nSPS) is 10.9. The number of methoxy groups -OCH3 is 1. The lowest BCUT2D eigenvalue weighted by Crippen LogP contribution is -2.10. The van der Waals surface area contributed by atoms with Crippen molar-refractivity contribution < 1.29 is 9.47 Å². The summed E-state index contributed by atoms with van der Waals surface area (Å²) >= 11 is 0. The Labute approximate surface area is 130 Å². The van der Waals surface area contributed by atoms with Gasteiger partial charge in [0, 0.05) is 6.54 Å². The molecule has 1 aromatic carbocycles. The van der Waals surface area contributed by atoms with Crippen LogP contribution in [0.15, 0.2) is 18.2 Å². The molecule has 0 fully saturated rings. The van der Waals surface area contributed by atoms with Crippen molar-refractivity contribution in [3.05, 3.63) is 23.8 Å². The molecule has 0 N–H and O–H groups in total. The van der Waals surface area contributed by atoms with Gasteiger partial charge < -0.3 is 14.4 Å². The van der Waals surface area contributed by atoms with E-state index in [0.717, 1.165) is 31.1 Å². The first-order chi connectivity index (χ1) is 10.2. The lowest BCUT2D eigenvalue weighted by atomic mass is 10.1. The van der Waals surface area contributed by atoms with E-state index >= 15 is 0 Å². The van der Waals surface area contributed by atoms with Gasteiger partial charge >= 0.3 is 0 Å². The lowest BCUT2D eigenvalue weighted by Gasteiger charge is -2.14. The molecule has 0 unspecified atom stereocenters. The van der Waals surface area contributed by atoms with Crippen molar-refractivity contribution >= 4 is 0 Å². The van der Waals surface area contributed by atoms with E-state index in [2.05, 4.69) is 38.1 Å². The third-order valence-electron chi connectivity index (χ3n) is 3.48. The number of rotatable bonds is 11. The Balaban J connectivity index is 2.37. The minimum Gasteiger partial charge on any atom is -0.493 e. The fraction of sp³-hybridized carbons (Fsp3) is 0.667. The molecule has 0 aliphatic rings. The Morgan fingerprint density at radius 3 is 2.33 bits per heavy atom. The highest BCUT2D eigenvalue weighted by atomic mass is 16.5. The first kappa shape index (κ1) is 17.8. The third-order valence-corrected chi connectivity index (χ3v) is 3.48. The van der Waals surface area contributed by atoms with Crippen molar-refractivity contribution in [3.63, 3.8) is 0 Å². The maximum Gasteiger partial charge on any atom is 0.161 e. The van der Waals surface area contributed by atoms with E-state index in [4.69, 9.17) is 9.47 Å². The monoisotopic (exact) mass is 293 g/mol. The van der Waals surface area contributed by atoms with Crippen LogP contribution in [0.25, 0.3) is 0 Å². The van der Waals surface area contributed by atoms with E-state index in [1.807, 2.05) is 6.07 Å². The quantitative estimate of drug-likeness (QED) is 0.561.